The summed E-state index contributed by atoms with van der Waals surface area (Å²) in [5.74, 6) is 0.791. The molecule has 1 aliphatic rings. The summed E-state index contributed by atoms with van der Waals surface area (Å²) in [5, 5.41) is 12.0. The lowest BCUT2D eigenvalue weighted by molar-refractivity contribution is 0.207. The van der Waals surface area contributed by atoms with Gasteiger partial charge in [-0.25, -0.2) is 0 Å². The molecule has 1 aliphatic heterocycles. The third-order valence-electron chi connectivity index (χ3n) is 2.02. The molecule has 4 N–H and O–H groups in total. The molecule has 4 nitrogen and oxygen atoms in total. The first kappa shape index (κ1) is 10.9. The van der Waals surface area contributed by atoms with Crippen LogP contribution >= 0.6 is 12.4 Å². The average molecular weight is 217 g/mol. The van der Waals surface area contributed by atoms with Gasteiger partial charge in [0.15, 0.2) is 0 Å². The molecular weight excluding hydrogens is 204 g/mol. The van der Waals surface area contributed by atoms with Gasteiger partial charge in [-0.2, -0.15) is 0 Å². The Kier molecular flexibility index (Phi) is 3.43. The number of ether oxygens (including phenoxy) is 1. The Bertz CT molecular complexity index is 320. The van der Waals surface area contributed by atoms with E-state index < -0.39 is 0 Å². The minimum absolute atomic E-state index is 0. The molecule has 0 spiro atoms. The number of aliphatic hydroxyl groups is 1. The van der Waals surface area contributed by atoms with Crippen molar-refractivity contribution in [3.63, 3.8) is 0 Å². The molecule has 2 rings (SSSR count). The Balaban J connectivity index is 0.000000980. The highest BCUT2D eigenvalue weighted by molar-refractivity contribution is 5.85. The molecule has 0 aliphatic carbocycles. The second-order valence-corrected chi connectivity index (χ2v) is 3.09. The van der Waals surface area contributed by atoms with Crippen molar-refractivity contribution >= 4 is 23.8 Å². The largest absolute Gasteiger partial charge is 0.489 e. The molecule has 0 saturated heterocycles. The van der Waals surface area contributed by atoms with Crippen molar-refractivity contribution in [1.29, 1.82) is 0 Å². The molecular formula is C9H13ClN2O2. The van der Waals surface area contributed by atoms with Crippen molar-refractivity contribution in [2.24, 2.45) is 0 Å². The van der Waals surface area contributed by atoms with Crippen molar-refractivity contribution in [3.8, 4) is 5.75 Å². The smallest absolute Gasteiger partial charge is 0.142 e. The molecule has 1 aromatic rings. The van der Waals surface area contributed by atoms with Crippen LogP contribution in [0, 0.1) is 0 Å². The molecule has 0 fully saturated rings. The molecule has 1 atom stereocenters. The number of anilines is 2. The Morgan fingerprint density at radius 3 is 3.07 bits per heavy atom. The van der Waals surface area contributed by atoms with Gasteiger partial charge in [0, 0.05) is 5.69 Å². The normalized spacial score (nSPS) is 18.5. The molecule has 5 heteroatoms. The third-order valence-corrected chi connectivity index (χ3v) is 2.02. The number of rotatable bonds is 1. The fraction of sp³-hybridized carbons (Fsp3) is 0.333. The van der Waals surface area contributed by atoms with Crippen molar-refractivity contribution in [2.75, 3.05) is 24.3 Å². The quantitative estimate of drug-likeness (QED) is 0.609. The lowest BCUT2D eigenvalue weighted by atomic mass is 10.2. The van der Waals surface area contributed by atoms with Gasteiger partial charge in [-0.3, -0.25) is 0 Å². The lowest BCUT2D eigenvalue weighted by Crippen LogP contribution is -2.34. The Hall–Kier alpha value is -1.13. The number of nitrogens with one attached hydrogen (secondary N) is 1. The van der Waals surface area contributed by atoms with Crippen LogP contribution in [-0.2, 0) is 0 Å². The number of hydrogen-bond acceptors (Lipinski definition) is 4. The number of aliphatic hydroxyl groups excluding tert-OH is 1. The van der Waals surface area contributed by atoms with E-state index in [1.807, 2.05) is 6.07 Å². The highest BCUT2D eigenvalue weighted by Gasteiger charge is 2.17. The van der Waals surface area contributed by atoms with Crippen LogP contribution in [0.5, 0.6) is 5.75 Å². The minimum Gasteiger partial charge on any atom is -0.489 e. The fourth-order valence-corrected chi connectivity index (χ4v) is 1.34. The predicted molar refractivity (Wildman–Crippen MR) is 58.1 cm³/mol. The second kappa shape index (κ2) is 4.39. The monoisotopic (exact) mass is 216 g/mol. The number of hydrogen-bond donors (Lipinski definition) is 3. The molecule has 0 amide bonds. The van der Waals surface area contributed by atoms with Crippen LogP contribution in [0.4, 0.5) is 11.4 Å². The van der Waals surface area contributed by atoms with Gasteiger partial charge in [-0.05, 0) is 18.2 Å². The molecule has 0 aromatic heterocycles. The van der Waals surface area contributed by atoms with E-state index >= 15 is 0 Å². The molecule has 1 unspecified atom stereocenters. The highest BCUT2D eigenvalue weighted by Crippen LogP contribution is 2.30. The molecule has 14 heavy (non-hydrogen) atoms. The van der Waals surface area contributed by atoms with Crippen molar-refractivity contribution in [2.45, 2.75) is 6.04 Å². The van der Waals surface area contributed by atoms with Gasteiger partial charge in [0.25, 0.3) is 0 Å². The standard InChI is InChI=1S/C9H12N2O2.ClH/c10-6-1-2-9-8(3-6)11-7(4-12)5-13-9;/h1-3,7,11-12H,4-5,10H2;1H. The molecule has 1 aromatic carbocycles. The van der Waals surface area contributed by atoms with Gasteiger partial charge in [0.2, 0.25) is 0 Å². The van der Waals surface area contributed by atoms with Gasteiger partial charge in [0.1, 0.15) is 12.4 Å². The van der Waals surface area contributed by atoms with E-state index in [2.05, 4.69) is 5.32 Å². The molecule has 0 bridgehead atoms. The zero-order valence-corrected chi connectivity index (χ0v) is 8.38. The molecule has 1 heterocycles. The maximum absolute atomic E-state index is 8.91. The molecule has 0 saturated carbocycles. The van der Waals surface area contributed by atoms with Gasteiger partial charge >= 0.3 is 0 Å². The number of benzene rings is 1. The first-order valence-corrected chi connectivity index (χ1v) is 4.19. The average Bonchev–Trinajstić information content (AvgIpc) is 2.16. The van der Waals surface area contributed by atoms with Gasteiger partial charge in [-0.1, -0.05) is 0 Å². The predicted octanol–water partition coefficient (Wildman–Crippen LogP) is 0.856. The first-order valence-electron chi connectivity index (χ1n) is 4.19. The van der Waals surface area contributed by atoms with E-state index in [-0.39, 0.29) is 25.1 Å². The van der Waals surface area contributed by atoms with E-state index in [0.717, 1.165) is 11.4 Å². The van der Waals surface area contributed by atoms with Crippen molar-refractivity contribution in [3.05, 3.63) is 18.2 Å². The number of nitrogens with two attached hydrogens (primary N) is 1. The van der Waals surface area contributed by atoms with Crippen molar-refractivity contribution < 1.29 is 9.84 Å². The zero-order valence-electron chi connectivity index (χ0n) is 7.56. The molecule has 78 valence electrons. The SMILES string of the molecule is Cl.Nc1ccc2c(c1)NC(CO)CO2. The van der Waals surface area contributed by atoms with Gasteiger partial charge in [-0.15, -0.1) is 12.4 Å². The van der Waals surface area contributed by atoms with Crippen molar-refractivity contribution in [1.82, 2.24) is 0 Å². The lowest BCUT2D eigenvalue weighted by Gasteiger charge is -2.26. The maximum Gasteiger partial charge on any atom is 0.142 e. The van der Waals surface area contributed by atoms with Crippen LogP contribution in [-0.4, -0.2) is 24.4 Å². The van der Waals surface area contributed by atoms with Crippen LogP contribution in [0.15, 0.2) is 18.2 Å². The van der Waals surface area contributed by atoms with E-state index in [1.165, 1.54) is 0 Å². The summed E-state index contributed by atoms with van der Waals surface area (Å²) < 4.78 is 5.40. The van der Waals surface area contributed by atoms with E-state index in [1.54, 1.807) is 12.1 Å². The highest BCUT2D eigenvalue weighted by atomic mass is 35.5. The Morgan fingerprint density at radius 1 is 1.57 bits per heavy atom. The summed E-state index contributed by atoms with van der Waals surface area (Å²) in [6.07, 6.45) is 0. The zero-order chi connectivity index (χ0) is 9.26. The van der Waals surface area contributed by atoms with E-state index in [9.17, 15) is 0 Å². The minimum atomic E-state index is -0.0331. The van der Waals surface area contributed by atoms with Gasteiger partial charge in [0.05, 0.1) is 18.3 Å². The maximum atomic E-state index is 8.91. The van der Waals surface area contributed by atoms with Gasteiger partial charge < -0.3 is 20.9 Å². The Morgan fingerprint density at radius 2 is 2.36 bits per heavy atom. The number of nitrogen functional groups attached to an aromatic ring is 1. The summed E-state index contributed by atoms with van der Waals surface area (Å²) >= 11 is 0. The topological polar surface area (TPSA) is 67.5 Å². The first-order chi connectivity index (χ1) is 6.29. The Labute approximate surface area is 88.5 Å². The van der Waals surface area contributed by atoms with Crippen LogP contribution in [0.1, 0.15) is 0 Å². The second-order valence-electron chi connectivity index (χ2n) is 3.09. The summed E-state index contributed by atoms with van der Waals surface area (Å²) in [7, 11) is 0. The van der Waals surface area contributed by atoms with E-state index in [0.29, 0.717) is 12.3 Å². The molecule has 0 radical (unpaired) electrons. The third kappa shape index (κ3) is 2.02. The summed E-state index contributed by atoms with van der Waals surface area (Å²) in [5.41, 5.74) is 7.15. The summed E-state index contributed by atoms with van der Waals surface area (Å²) in [4.78, 5) is 0. The van der Waals surface area contributed by atoms with Crippen LogP contribution in [0.25, 0.3) is 0 Å². The van der Waals surface area contributed by atoms with E-state index in [4.69, 9.17) is 15.6 Å². The summed E-state index contributed by atoms with van der Waals surface area (Å²) in [6, 6.07) is 5.39. The fourth-order valence-electron chi connectivity index (χ4n) is 1.34. The number of halogens is 1. The summed E-state index contributed by atoms with van der Waals surface area (Å²) in [6.45, 7) is 0.557. The van der Waals surface area contributed by atoms with Crippen LogP contribution < -0.4 is 15.8 Å². The van der Waals surface area contributed by atoms with Crippen LogP contribution in [0.2, 0.25) is 0 Å². The van der Waals surface area contributed by atoms with Crippen LogP contribution in [0.3, 0.4) is 0 Å². The number of fused-ring (bicyclic) bond motifs is 1.